The van der Waals surface area contributed by atoms with Gasteiger partial charge in [0.25, 0.3) is 0 Å². The van der Waals surface area contributed by atoms with E-state index in [2.05, 4.69) is 101 Å². The molecular weight excluding hydrogens is 1990 g/mol. The van der Waals surface area contributed by atoms with Crippen molar-refractivity contribution in [3.63, 3.8) is 0 Å². The van der Waals surface area contributed by atoms with E-state index in [9.17, 15) is 20.4 Å². The fraction of sp³-hybridized carbons (Fsp3) is 0.214. The van der Waals surface area contributed by atoms with Gasteiger partial charge in [0.05, 0.1) is 37.8 Å². The Morgan fingerprint density at radius 2 is 0.347 bits per heavy atom. The van der Waals surface area contributed by atoms with Gasteiger partial charge in [-0.1, -0.05) is 491 Å². The quantitative estimate of drug-likeness (QED) is 0.0298. The Morgan fingerprint density at radius 1 is 0.201 bits per heavy atom. The predicted molar refractivity (Wildman–Crippen MR) is 551 cm³/mol. The van der Waals surface area contributed by atoms with E-state index in [1.54, 1.807) is 65.6 Å². The Hall–Kier alpha value is -10.1. The summed E-state index contributed by atoms with van der Waals surface area (Å²) < 4.78 is 18.6. The van der Waals surface area contributed by atoms with Gasteiger partial charge in [-0.15, -0.1) is 26.4 Å². The van der Waals surface area contributed by atoms with Crippen LogP contribution in [0.15, 0.2) is 438 Å². The molecule has 0 fully saturated rings. The Morgan fingerprint density at radius 3 is 0.458 bits per heavy atom. The van der Waals surface area contributed by atoms with E-state index in [1.165, 1.54) is 0 Å². The van der Waals surface area contributed by atoms with E-state index in [1.807, 2.05) is 428 Å². The van der Waals surface area contributed by atoms with Crippen LogP contribution in [0.3, 0.4) is 0 Å². The molecule has 716 valence electrons. The number of methoxy groups -OCH3 is 4. The van der Waals surface area contributed by atoms with Gasteiger partial charge in [0.15, 0.2) is 0 Å². The van der Waals surface area contributed by atoms with Crippen molar-refractivity contribution >= 4 is 92.0 Å². The van der Waals surface area contributed by atoms with Crippen LogP contribution in [0.5, 0.6) is 0 Å². The third-order valence-electron chi connectivity index (χ3n) is 16.3. The number of para-hydroxylation sites is 8. The number of rotatable bonds is 30. The Bertz CT molecular complexity index is 3920. The van der Waals surface area contributed by atoms with E-state index in [0.29, 0.717) is 26.4 Å². The molecule has 0 aliphatic heterocycles. The van der Waals surface area contributed by atoms with Gasteiger partial charge in [0.1, 0.15) is 11.6 Å². The van der Waals surface area contributed by atoms with E-state index in [-0.39, 0.29) is 180 Å². The SMILES string of the molecule is CCCC[O-].CCCC[O-].CCCC[O-].CCCC[O-].COCCOC.COCCOC.[Li+].[Li+].[Li+].[Li+].[Zn+2].[Zn+2].[Zn+2].[Zn+2].c1ccc([N-]c2cccc[nH+]2)cc1.c1ccc([N-]c2cccc[nH+]2)cc1.c1ccc([N-]c2ccccn2)cc1.c1ccc([N-]c2ccccn2)cc1.c1ccc([N-]c2ccccn2)cc1.c1ccc([N-]c2ccccn2)cc1.c1ccc([N-]c2ccccn2)cc1.c1ccc([N-]c2ccccn2)cc1. The average molecular weight is 2120 g/mol. The molecule has 2 N–H and O–H groups in total. The summed E-state index contributed by atoms with van der Waals surface area (Å²) in [6, 6.07) is 124. The number of benzene rings is 8. The van der Waals surface area contributed by atoms with Gasteiger partial charge in [-0.25, -0.2) is 10.6 Å². The van der Waals surface area contributed by atoms with Crippen LogP contribution in [0.1, 0.15) is 79.1 Å². The smallest absolute Gasteiger partial charge is 0.854 e. The third kappa shape index (κ3) is 84.2. The Labute approximate surface area is 956 Å². The number of pyridine rings is 8. The maximum atomic E-state index is 9.53. The van der Waals surface area contributed by atoms with Crippen molar-refractivity contribution in [3.05, 3.63) is 480 Å². The first-order valence-electron chi connectivity index (χ1n) is 44.9. The van der Waals surface area contributed by atoms with Gasteiger partial charge in [-0.2, -0.15) is 0 Å². The molecule has 0 amide bonds. The second-order valence-corrected chi connectivity index (χ2v) is 27.4. The fourth-order valence-electron chi connectivity index (χ4n) is 9.43. The molecule has 0 saturated heterocycles. The summed E-state index contributed by atoms with van der Waals surface area (Å²) in [5.41, 5.74) is 7.52. The van der Waals surface area contributed by atoms with E-state index < -0.39 is 0 Å². The third-order valence-corrected chi connectivity index (χ3v) is 16.3. The Kier molecular flexibility index (Phi) is 109. The number of H-pyrrole nitrogens is 2. The normalized spacial score (nSPS) is 8.81. The van der Waals surface area contributed by atoms with E-state index in [0.717, 1.165) is 143 Å². The zero-order valence-electron chi connectivity index (χ0n) is 86.2. The number of hydrogen-bond donors (Lipinski definition) is 0. The minimum atomic E-state index is 0. The monoisotopic (exact) mass is 2110 g/mol. The molecule has 144 heavy (non-hydrogen) atoms. The largest absolute Gasteiger partial charge is 2.00 e. The van der Waals surface area contributed by atoms with Gasteiger partial charge in [-0.3, -0.25) is 0 Å². The zero-order chi connectivity index (χ0) is 97.6. The van der Waals surface area contributed by atoms with Crippen molar-refractivity contribution in [3.8, 4) is 0 Å². The predicted octanol–water partition coefficient (Wildman–Crippen LogP) is 15.3. The van der Waals surface area contributed by atoms with Crippen LogP contribution in [0.25, 0.3) is 42.5 Å². The summed E-state index contributed by atoms with van der Waals surface area (Å²) in [6.07, 6.45) is 21.6. The number of aromatic nitrogens is 8. The van der Waals surface area contributed by atoms with Gasteiger partial charge in [0.2, 0.25) is 0 Å². The summed E-state index contributed by atoms with van der Waals surface area (Å²) in [7, 11) is 6.61. The van der Waals surface area contributed by atoms with Crippen LogP contribution in [0.4, 0.5) is 92.0 Å². The van der Waals surface area contributed by atoms with Crippen molar-refractivity contribution in [1.82, 2.24) is 29.9 Å². The molecule has 16 rings (SSSR count). The number of ether oxygens (including phenoxy) is 4. The summed E-state index contributed by atoms with van der Waals surface area (Å²) in [6.45, 7) is 11.2. The van der Waals surface area contributed by atoms with Crippen LogP contribution in [-0.2, 0) is 96.9 Å². The fourth-order valence-corrected chi connectivity index (χ4v) is 9.43. The molecule has 8 aromatic carbocycles. The van der Waals surface area contributed by atoms with Crippen molar-refractivity contribution in [1.29, 1.82) is 0 Å². The molecule has 0 unspecified atom stereocenters. The minimum absolute atomic E-state index is 0. The van der Waals surface area contributed by atoms with Crippen molar-refractivity contribution < 1.29 is 203 Å². The summed E-state index contributed by atoms with van der Waals surface area (Å²) in [4.78, 5) is 30.7. The molecule has 0 radical (unpaired) electrons. The molecule has 8 aromatic heterocycles. The molecule has 0 atom stereocenters. The van der Waals surface area contributed by atoms with Crippen molar-refractivity contribution in [2.75, 3.05) is 81.3 Å². The van der Waals surface area contributed by atoms with Crippen LogP contribution in [0.2, 0.25) is 0 Å². The number of hydrogen-bond acceptors (Lipinski definition) is 14. The molecule has 0 saturated carbocycles. The molecule has 0 spiro atoms. The number of nitrogens with zero attached hydrogens (tertiary/aromatic N) is 14. The molecule has 0 aliphatic rings. The summed E-state index contributed by atoms with van der Waals surface area (Å²) >= 11 is 0. The van der Waals surface area contributed by atoms with E-state index >= 15 is 0 Å². The maximum absolute atomic E-state index is 9.53. The molecule has 32 heteroatoms. The Balaban J connectivity index is -0.000000360. The number of aromatic amines is 2. The molecule has 0 bridgehead atoms. The second-order valence-electron chi connectivity index (χ2n) is 27.4. The molecule has 8 heterocycles. The molecule has 24 nitrogen and oxygen atoms in total. The maximum Gasteiger partial charge on any atom is 2.00 e. The first kappa shape index (κ1) is 145. The van der Waals surface area contributed by atoms with Crippen molar-refractivity contribution in [2.45, 2.75) is 79.1 Å². The second kappa shape index (κ2) is 109. The molecule has 16 aromatic rings. The van der Waals surface area contributed by atoms with Crippen LogP contribution in [-0.4, -0.2) is 111 Å². The topological polar surface area (TPSA) is 348 Å². The van der Waals surface area contributed by atoms with Gasteiger partial charge >= 0.3 is 153 Å². The number of unbranched alkanes of at least 4 members (excludes halogenated alkanes) is 4. The zero-order valence-corrected chi connectivity index (χ0v) is 98.1. The van der Waals surface area contributed by atoms with Crippen LogP contribution < -0.4 is 106 Å². The molecular formula is C112H130Li4N16O8Zn4+2. The van der Waals surface area contributed by atoms with Gasteiger partial charge in [-0.05, 0) is 82.7 Å². The minimum Gasteiger partial charge on any atom is -0.854 e. The number of nitrogens with one attached hydrogen (secondary N) is 2. The first-order chi connectivity index (χ1) is 67.1. The van der Waals surface area contributed by atoms with Crippen molar-refractivity contribution in [2.24, 2.45) is 0 Å². The van der Waals surface area contributed by atoms with Crippen LogP contribution in [0, 0.1) is 0 Å². The molecule has 0 aliphatic carbocycles. The van der Waals surface area contributed by atoms with E-state index in [4.69, 9.17) is 0 Å². The standard InChI is InChI=1S/8C11H9N2.2C4H10O2.4C4H9O.4Li.4Zn/c8*1-2-6-10(7-3-1)13-11-8-4-5-9-12-11;2*1-5-3-4-6-2;4*1-2-3-4-5;;;;;;;;/h8*1-9H;2*3-4H2,1-2H3;4*2-4H2,1H3;;;;;;;;/q8*-1;;;4*-1;4*+1;4*+2/p+2. The van der Waals surface area contributed by atoms with Gasteiger partial charge in [0, 0.05) is 40.8 Å². The van der Waals surface area contributed by atoms with Gasteiger partial charge < -0.3 is 111 Å². The average Bonchev–Trinajstić information content (AvgIpc) is 0.950. The summed E-state index contributed by atoms with van der Waals surface area (Å²) in [5, 5.41) is 72.9. The summed E-state index contributed by atoms with van der Waals surface area (Å²) in [5.74, 6) is 6.20. The van der Waals surface area contributed by atoms with Crippen LogP contribution >= 0.6 is 0 Å². The first-order valence-corrected chi connectivity index (χ1v) is 44.9.